The predicted octanol–water partition coefficient (Wildman–Crippen LogP) is 4.34. The molecule has 1 saturated heterocycles. The van der Waals surface area contributed by atoms with Gasteiger partial charge in [-0.2, -0.15) is 13.8 Å². The summed E-state index contributed by atoms with van der Waals surface area (Å²) < 4.78 is 41.3. The van der Waals surface area contributed by atoms with E-state index in [0.717, 1.165) is 50.2 Å². The first-order chi connectivity index (χ1) is 16.3. The van der Waals surface area contributed by atoms with E-state index in [9.17, 15) is 18.1 Å². The molecule has 0 bridgehead atoms. The number of aromatic nitrogens is 2. The summed E-state index contributed by atoms with van der Waals surface area (Å²) in [5, 5.41) is 10.5. The van der Waals surface area contributed by atoms with Gasteiger partial charge in [0.15, 0.2) is 0 Å². The maximum atomic E-state index is 14.4. The number of anilines is 2. The standard InChI is InChI=1S/C24H27ClF2N4O2S/c25-18-4-2-14(3-5-18)15-8-16-11-31(12-17(16)9-15)22-28-19-10-24(26,27)34(33)20(19)21(29-22)30-23(13-32)6-1-7-23/h2-5,15-17,32H,1,6-13H2,(H,28,29,30)/t15?,16?,17?,34-/m0/s1. The Morgan fingerprint density at radius 1 is 1.15 bits per heavy atom. The molecule has 4 aliphatic rings. The molecule has 0 amide bonds. The van der Waals surface area contributed by atoms with E-state index < -0.39 is 28.0 Å². The maximum absolute atomic E-state index is 14.4. The monoisotopic (exact) mass is 508 g/mol. The fourth-order valence-corrected chi connectivity index (χ4v) is 7.38. The molecule has 1 aromatic carbocycles. The maximum Gasteiger partial charge on any atom is 0.331 e. The van der Waals surface area contributed by atoms with Gasteiger partial charge in [-0.15, -0.1) is 0 Å². The molecule has 2 N–H and O–H groups in total. The molecule has 6 nitrogen and oxygen atoms in total. The second-order valence-electron chi connectivity index (χ2n) is 10.3. The van der Waals surface area contributed by atoms with E-state index >= 15 is 0 Å². The van der Waals surface area contributed by atoms with Gasteiger partial charge in [-0.3, -0.25) is 0 Å². The van der Waals surface area contributed by atoms with Crippen molar-refractivity contribution in [3.05, 3.63) is 40.5 Å². The first kappa shape index (κ1) is 22.6. The summed E-state index contributed by atoms with van der Waals surface area (Å²) in [6.45, 7) is 1.43. The number of fused-ring (bicyclic) bond motifs is 2. The number of nitrogens with one attached hydrogen (secondary N) is 1. The Labute approximate surface area is 204 Å². The molecule has 2 unspecified atom stereocenters. The van der Waals surface area contributed by atoms with Gasteiger partial charge in [-0.25, -0.2) is 9.19 Å². The number of rotatable bonds is 5. The van der Waals surface area contributed by atoms with Gasteiger partial charge in [0.05, 0.1) is 24.3 Å². The van der Waals surface area contributed by atoms with Crippen LogP contribution in [-0.2, 0) is 17.2 Å². The third kappa shape index (κ3) is 3.71. The van der Waals surface area contributed by atoms with Gasteiger partial charge in [0, 0.05) is 18.1 Å². The lowest BCUT2D eigenvalue weighted by atomic mass is 9.77. The molecular formula is C24H27ClF2N4O2S. The van der Waals surface area contributed by atoms with Crippen molar-refractivity contribution in [3.63, 3.8) is 0 Å². The van der Waals surface area contributed by atoms with Gasteiger partial charge in [-0.1, -0.05) is 23.7 Å². The number of hydrogen-bond donors (Lipinski definition) is 2. The summed E-state index contributed by atoms with van der Waals surface area (Å²) in [4.78, 5) is 11.2. The molecule has 3 atom stereocenters. The number of aliphatic hydroxyl groups is 1. The second-order valence-corrected chi connectivity index (χ2v) is 12.3. The SMILES string of the molecule is O=[S@]1c2c(nc(N3CC4CC(c5ccc(Cl)cc5)CC4C3)nc2NC2(CO)CCC2)CC1(F)F. The molecule has 34 heavy (non-hydrogen) atoms. The minimum atomic E-state index is -3.36. The Hall–Kier alpha value is -1.84. The highest BCUT2D eigenvalue weighted by Crippen LogP contribution is 2.48. The number of alkyl halides is 2. The zero-order valence-corrected chi connectivity index (χ0v) is 20.2. The molecule has 2 aliphatic heterocycles. The lowest BCUT2D eigenvalue weighted by Gasteiger charge is -2.41. The van der Waals surface area contributed by atoms with E-state index in [4.69, 9.17) is 11.6 Å². The van der Waals surface area contributed by atoms with Crippen molar-refractivity contribution in [1.82, 2.24) is 9.97 Å². The molecule has 2 aliphatic carbocycles. The van der Waals surface area contributed by atoms with E-state index in [1.807, 2.05) is 12.1 Å². The second kappa shape index (κ2) is 8.10. The Bertz CT molecular complexity index is 1130. The molecule has 0 spiro atoms. The molecule has 1 aromatic heterocycles. The summed E-state index contributed by atoms with van der Waals surface area (Å²) in [5.41, 5.74) is 0.874. The van der Waals surface area contributed by atoms with Crippen LogP contribution in [0.1, 0.15) is 49.3 Å². The van der Waals surface area contributed by atoms with Crippen LogP contribution in [0, 0.1) is 11.8 Å². The fraction of sp³-hybridized carbons (Fsp3) is 0.583. The van der Waals surface area contributed by atoms with E-state index in [-0.39, 0.29) is 23.0 Å². The predicted molar refractivity (Wildman–Crippen MR) is 127 cm³/mol. The van der Waals surface area contributed by atoms with Gasteiger partial charge in [0.2, 0.25) is 5.95 Å². The van der Waals surface area contributed by atoms with Crippen LogP contribution in [0.3, 0.4) is 0 Å². The van der Waals surface area contributed by atoms with E-state index in [0.29, 0.717) is 23.7 Å². The molecule has 182 valence electrons. The van der Waals surface area contributed by atoms with Gasteiger partial charge in [-0.05, 0) is 67.6 Å². The number of benzene rings is 1. The molecular weight excluding hydrogens is 482 g/mol. The van der Waals surface area contributed by atoms with Crippen molar-refractivity contribution in [2.24, 2.45) is 11.8 Å². The zero-order chi connectivity index (χ0) is 23.7. The highest BCUT2D eigenvalue weighted by atomic mass is 35.5. The van der Waals surface area contributed by atoms with Crippen LogP contribution < -0.4 is 10.2 Å². The fourth-order valence-electron chi connectivity index (χ4n) is 6.08. The van der Waals surface area contributed by atoms with Gasteiger partial charge >= 0.3 is 5.25 Å². The number of hydrogen-bond acceptors (Lipinski definition) is 6. The lowest BCUT2D eigenvalue weighted by molar-refractivity contribution is 0.104. The molecule has 2 saturated carbocycles. The molecule has 6 rings (SSSR count). The minimum Gasteiger partial charge on any atom is -0.394 e. The molecule has 3 heterocycles. The summed E-state index contributed by atoms with van der Waals surface area (Å²) in [6, 6.07) is 8.08. The largest absolute Gasteiger partial charge is 0.394 e. The van der Waals surface area contributed by atoms with Crippen LogP contribution >= 0.6 is 11.6 Å². The molecule has 3 fully saturated rings. The number of halogens is 3. The van der Waals surface area contributed by atoms with Gasteiger partial charge in [0.1, 0.15) is 21.5 Å². The van der Waals surface area contributed by atoms with Crippen molar-refractivity contribution >= 4 is 34.2 Å². The van der Waals surface area contributed by atoms with Crippen LogP contribution in [0.25, 0.3) is 0 Å². The Kier molecular flexibility index (Phi) is 5.39. The summed E-state index contributed by atoms with van der Waals surface area (Å²) in [7, 11) is -2.51. The Morgan fingerprint density at radius 3 is 2.41 bits per heavy atom. The first-order valence-corrected chi connectivity index (χ1v) is 13.4. The zero-order valence-electron chi connectivity index (χ0n) is 18.6. The van der Waals surface area contributed by atoms with Crippen molar-refractivity contribution in [2.75, 3.05) is 29.9 Å². The van der Waals surface area contributed by atoms with E-state index in [1.165, 1.54) is 5.56 Å². The van der Waals surface area contributed by atoms with Crippen LogP contribution in [0.15, 0.2) is 29.2 Å². The number of aliphatic hydroxyl groups excluding tert-OH is 1. The van der Waals surface area contributed by atoms with Gasteiger partial charge < -0.3 is 15.3 Å². The first-order valence-electron chi connectivity index (χ1n) is 11.9. The molecule has 0 radical (unpaired) electrons. The summed E-state index contributed by atoms with van der Waals surface area (Å²) in [6.07, 6.45) is 3.87. The highest BCUT2D eigenvalue weighted by Gasteiger charge is 2.50. The molecule has 10 heteroatoms. The van der Waals surface area contributed by atoms with Crippen LogP contribution in [0.4, 0.5) is 20.5 Å². The van der Waals surface area contributed by atoms with Crippen molar-refractivity contribution in [3.8, 4) is 0 Å². The summed E-state index contributed by atoms with van der Waals surface area (Å²) in [5.74, 6) is 2.08. The van der Waals surface area contributed by atoms with E-state index in [1.54, 1.807) is 0 Å². The van der Waals surface area contributed by atoms with Crippen molar-refractivity contribution in [2.45, 2.75) is 60.1 Å². The average molecular weight is 509 g/mol. The van der Waals surface area contributed by atoms with Gasteiger partial charge in [0.25, 0.3) is 0 Å². The van der Waals surface area contributed by atoms with Crippen LogP contribution in [0.5, 0.6) is 0 Å². The van der Waals surface area contributed by atoms with Crippen LogP contribution in [-0.4, -0.2) is 49.8 Å². The highest BCUT2D eigenvalue weighted by molar-refractivity contribution is 7.86. The Morgan fingerprint density at radius 2 is 1.82 bits per heavy atom. The van der Waals surface area contributed by atoms with Crippen LogP contribution in [0.2, 0.25) is 5.02 Å². The smallest absolute Gasteiger partial charge is 0.331 e. The quantitative estimate of drug-likeness (QED) is 0.625. The number of nitrogens with zero attached hydrogens (tertiary/aromatic N) is 3. The van der Waals surface area contributed by atoms with Crippen molar-refractivity contribution in [1.29, 1.82) is 0 Å². The average Bonchev–Trinajstić information content (AvgIpc) is 3.41. The van der Waals surface area contributed by atoms with Crippen molar-refractivity contribution < 1.29 is 18.1 Å². The summed E-state index contributed by atoms with van der Waals surface area (Å²) >= 11 is 6.04. The Balaban J connectivity index is 1.25. The third-order valence-corrected chi connectivity index (χ3v) is 9.86. The topological polar surface area (TPSA) is 78.4 Å². The van der Waals surface area contributed by atoms with E-state index in [2.05, 4.69) is 32.3 Å². The lowest BCUT2D eigenvalue weighted by Crippen LogP contribution is -2.48. The third-order valence-electron chi connectivity index (χ3n) is 8.13. The normalized spacial score (nSPS) is 30.6. The minimum absolute atomic E-state index is 0.00401. The molecule has 2 aromatic rings.